The van der Waals surface area contributed by atoms with Crippen LogP contribution in [-0.4, -0.2) is 44.2 Å². The second-order valence-corrected chi connectivity index (χ2v) is 9.89. The molecule has 1 saturated carbocycles. The highest BCUT2D eigenvalue weighted by Gasteiger charge is 2.52. The maximum absolute atomic E-state index is 13.8. The zero-order valence-electron chi connectivity index (χ0n) is 17.0. The Bertz CT molecular complexity index is 998. The molecule has 156 valence electrons. The fourth-order valence-electron chi connectivity index (χ4n) is 6.05. The van der Waals surface area contributed by atoms with Crippen molar-refractivity contribution in [1.82, 2.24) is 9.47 Å². The first-order valence-corrected chi connectivity index (χ1v) is 9.97. The Morgan fingerprint density at radius 3 is 2.62 bits per heavy atom. The maximum Gasteiger partial charge on any atom is 0.325 e. The Morgan fingerprint density at radius 1 is 1.24 bits per heavy atom. The largest absolute Gasteiger partial charge is 0.480 e. The van der Waals surface area contributed by atoms with Crippen LogP contribution in [0.2, 0.25) is 0 Å². The smallest absolute Gasteiger partial charge is 0.325 e. The van der Waals surface area contributed by atoms with Crippen molar-refractivity contribution in [3.8, 4) is 0 Å². The molecular weight excluding hydrogens is 375 g/mol. The van der Waals surface area contributed by atoms with Gasteiger partial charge in [0.1, 0.15) is 18.4 Å². The topological polar surface area (TPSA) is 82.8 Å². The van der Waals surface area contributed by atoms with E-state index in [-0.39, 0.29) is 23.4 Å². The number of hydrogen-bond donors (Lipinski definition) is 2. The number of nitrogens with zero attached hydrogens (tertiary/aromatic N) is 2. The van der Waals surface area contributed by atoms with E-state index in [1.165, 1.54) is 16.7 Å². The van der Waals surface area contributed by atoms with Gasteiger partial charge in [0.2, 0.25) is 0 Å². The molecule has 3 atom stereocenters. The molecule has 1 saturated heterocycles. The number of carboxylic acids is 2. The van der Waals surface area contributed by atoms with Gasteiger partial charge in [-0.25, -0.2) is 4.39 Å². The van der Waals surface area contributed by atoms with Crippen LogP contribution < -0.4 is 0 Å². The Labute approximate surface area is 168 Å². The number of hydrogen-bond acceptors (Lipinski definition) is 3. The maximum atomic E-state index is 13.8. The van der Waals surface area contributed by atoms with Gasteiger partial charge in [-0.05, 0) is 48.3 Å². The minimum absolute atomic E-state index is 0.0612. The van der Waals surface area contributed by atoms with E-state index in [1.807, 2.05) is 0 Å². The minimum Gasteiger partial charge on any atom is -0.480 e. The molecule has 6 nitrogen and oxygen atoms in total. The molecule has 4 rings (SSSR count). The third-order valence-corrected chi connectivity index (χ3v) is 6.50. The highest BCUT2D eigenvalue weighted by molar-refractivity contribution is 5.90. The molecule has 0 radical (unpaired) electrons. The summed E-state index contributed by atoms with van der Waals surface area (Å²) in [5.41, 5.74) is 1.15. The van der Waals surface area contributed by atoms with E-state index >= 15 is 0 Å². The van der Waals surface area contributed by atoms with Gasteiger partial charge in [-0.3, -0.25) is 14.5 Å². The molecule has 2 heterocycles. The number of fused-ring (bicyclic) bond motifs is 3. The lowest BCUT2D eigenvalue weighted by atomic mass is 9.65. The average Bonchev–Trinajstić information content (AvgIpc) is 3.01. The predicted octanol–water partition coefficient (Wildman–Crippen LogP) is 3.89. The summed E-state index contributed by atoms with van der Waals surface area (Å²) in [5.74, 6) is -2.50. The molecule has 0 spiro atoms. The van der Waals surface area contributed by atoms with Crippen molar-refractivity contribution < 1.29 is 24.2 Å². The van der Waals surface area contributed by atoms with Gasteiger partial charge < -0.3 is 14.8 Å². The molecule has 1 aliphatic carbocycles. The number of benzene rings is 1. The summed E-state index contributed by atoms with van der Waals surface area (Å²) in [7, 11) is 0. The lowest BCUT2D eigenvalue weighted by molar-refractivity contribution is -0.144. The van der Waals surface area contributed by atoms with E-state index in [0.29, 0.717) is 23.0 Å². The van der Waals surface area contributed by atoms with Crippen molar-refractivity contribution in [2.75, 3.05) is 6.54 Å². The highest BCUT2D eigenvalue weighted by atomic mass is 19.1. The number of carboxylic acid groups (broad SMARTS) is 2. The molecule has 2 aliphatic rings. The molecule has 2 aromatic rings. The fourth-order valence-corrected chi connectivity index (χ4v) is 6.05. The molecule has 2 N–H and O–H groups in total. The van der Waals surface area contributed by atoms with Crippen LogP contribution in [0.25, 0.3) is 10.9 Å². The van der Waals surface area contributed by atoms with E-state index in [0.717, 1.165) is 19.3 Å². The summed E-state index contributed by atoms with van der Waals surface area (Å²) in [6.07, 6.45) is 4.51. The number of rotatable bonds is 5. The van der Waals surface area contributed by atoms with E-state index in [1.54, 1.807) is 12.3 Å². The fraction of sp³-hybridized carbons (Fsp3) is 0.545. The number of aliphatic carboxylic acids is 2. The molecule has 7 heteroatoms. The summed E-state index contributed by atoms with van der Waals surface area (Å²) in [6, 6.07) is 3.39. The summed E-state index contributed by atoms with van der Waals surface area (Å²) >= 11 is 0. The lowest BCUT2D eigenvalue weighted by Gasteiger charge is -2.40. The van der Waals surface area contributed by atoms with Crippen LogP contribution >= 0.6 is 0 Å². The van der Waals surface area contributed by atoms with Crippen LogP contribution in [0.5, 0.6) is 0 Å². The van der Waals surface area contributed by atoms with E-state index < -0.39 is 23.8 Å². The number of carbonyl (C=O) groups is 2. The van der Waals surface area contributed by atoms with Gasteiger partial charge >= 0.3 is 11.9 Å². The van der Waals surface area contributed by atoms with Gasteiger partial charge in [0, 0.05) is 29.7 Å². The monoisotopic (exact) mass is 402 g/mol. The minimum atomic E-state index is -1.06. The third kappa shape index (κ3) is 3.52. The van der Waals surface area contributed by atoms with E-state index in [2.05, 4.69) is 25.7 Å². The van der Waals surface area contributed by atoms with Crippen molar-refractivity contribution in [3.05, 3.63) is 35.8 Å². The molecule has 1 aromatic carbocycles. The van der Waals surface area contributed by atoms with Crippen LogP contribution in [0.15, 0.2) is 24.4 Å². The molecule has 2 bridgehead atoms. The van der Waals surface area contributed by atoms with Crippen molar-refractivity contribution in [3.63, 3.8) is 0 Å². The quantitative estimate of drug-likeness (QED) is 0.793. The molecule has 0 amide bonds. The van der Waals surface area contributed by atoms with Crippen molar-refractivity contribution >= 4 is 22.8 Å². The lowest BCUT2D eigenvalue weighted by Crippen LogP contribution is -2.39. The van der Waals surface area contributed by atoms with Crippen LogP contribution in [0.1, 0.15) is 51.6 Å². The predicted molar refractivity (Wildman–Crippen MR) is 106 cm³/mol. The number of likely N-dealkylation sites (tertiary alicyclic amines) is 1. The summed E-state index contributed by atoms with van der Waals surface area (Å²) in [6.45, 7) is 7.03. The highest BCUT2D eigenvalue weighted by Crippen LogP contribution is 2.54. The molecule has 29 heavy (non-hydrogen) atoms. The van der Waals surface area contributed by atoms with Crippen LogP contribution in [0.4, 0.5) is 4.39 Å². The molecular formula is C22H27FN2O4. The normalized spacial score (nSPS) is 27.2. The van der Waals surface area contributed by atoms with Gasteiger partial charge in [0.15, 0.2) is 0 Å². The Balaban J connectivity index is 1.82. The van der Waals surface area contributed by atoms with Gasteiger partial charge in [-0.1, -0.05) is 20.8 Å². The average molecular weight is 402 g/mol. The Hall–Kier alpha value is -2.41. The summed E-state index contributed by atoms with van der Waals surface area (Å²) < 4.78 is 15.3. The van der Waals surface area contributed by atoms with Crippen molar-refractivity contribution in [2.24, 2.45) is 10.8 Å². The van der Waals surface area contributed by atoms with Crippen LogP contribution in [0, 0.1) is 16.6 Å². The third-order valence-electron chi connectivity index (χ3n) is 6.50. The van der Waals surface area contributed by atoms with Crippen LogP contribution in [0.3, 0.4) is 0 Å². The molecule has 0 unspecified atom stereocenters. The molecule has 1 aliphatic heterocycles. The zero-order valence-corrected chi connectivity index (χ0v) is 17.0. The standard InChI is InChI=1S/C22H27FN2O4/c1-21(2)7-14-8-22(3,11-21)12-25(14)19(20(28)29)16-9-24(10-18(26)27)17-6-13(23)4-5-15(16)17/h4-6,9,14,19H,7-8,10-12H2,1-3H3,(H,26,27)(H,28,29)/t14-,19+,22-/m0/s1. The Kier molecular flexibility index (Phi) is 4.49. The zero-order chi connectivity index (χ0) is 21.1. The first-order valence-electron chi connectivity index (χ1n) is 9.97. The molecule has 2 fully saturated rings. The second kappa shape index (κ2) is 6.55. The van der Waals surface area contributed by atoms with E-state index in [4.69, 9.17) is 0 Å². The molecule has 1 aromatic heterocycles. The first-order chi connectivity index (χ1) is 13.5. The Morgan fingerprint density at radius 2 is 1.97 bits per heavy atom. The van der Waals surface area contributed by atoms with Crippen LogP contribution in [-0.2, 0) is 16.1 Å². The second-order valence-electron chi connectivity index (χ2n) is 9.89. The number of halogens is 1. The van der Waals surface area contributed by atoms with Crippen molar-refractivity contribution in [2.45, 2.75) is 58.7 Å². The summed E-state index contributed by atoms with van der Waals surface area (Å²) in [4.78, 5) is 25.8. The number of aromatic nitrogens is 1. The SMILES string of the molecule is CC1(C)C[C@H]2C[C@](C)(CN2[C@@H](C(=O)O)c2cn(CC(=O)O)c3cc(F)ccc23)C1. The van der Waals surface area contributed by atoms with Gasteiger partial charge in [-0.15, -0.1) is 0 Å². The van der Waals surface area contributed by atoms with Crippen molar-refractivity contribution in [1.29, 1.82) is 0 Å². The van der Waals surface area contributed by atoms with E-state index in [9.17, 15) is 24.2 Å². The first kappa shape index (κ1) is 19.9. The van der Waals surface area contributed by atoms with Gasteiger partial charge in [-0.2, -0.15) is 0 Å². The summed E-state index contributed by atoms with van der Waals surface area (Å²) in [5, 5.41) is 20.0. The van der Waals surface area contributed by atoms with Gasteiger partial charge in [0.05, 0.1) is 5.52 Å². The van der Waals surface area contributed by atoms with Gasteiger partial charge in [0.25, 0.3) is 0 Å².